The third-order valence-corrected chi connectivity index (χ3v) is 4.20. The summed E-state index contributed by atoms with van der Waals surface area (Å²) in [5.74, 6) is -2.00. The molecule has 4 rings (SSSR count). The van der Waals surface area contributed by atoms with Gasteiger partial charge in [0.15, 0.2) is 0 Å². The third kappa shape index (κ3) is 3.63. The molecule has 0 amide bonds. The standard InChI is InChI=1S/C21H14N2O6/c24-18-11-9-14-5-1-3-7-16(14)22(18)28-20(26)13-21(27)29-23-17-8-4-2-6-15(17)10-12-19(23)25/h1-12H,13H2. The monoisotopic (exact) mass is 390 g/mol. The minimum Gasteiger partial charge on any atom is -0.332 e. The fraction of sp³-hybridized carbons (Fsp3) is 0.0476. The number of pyridine rings is 2. The SMILES string of the molecule is O=C(CC(=O)On1c(=O)ccc2ccccc21)On1c(=O)ccc2ccccc21. The van der Waals surface area contributed by atoms with E-state index in [2.05, 4.69) is 0 Å². The van der Waals surface area contributed by atoms with Gasteiger partial charge in [-0.2, -0.15) is 0 Å². The van der Waals surface area contributed by atoms with E-state index in [9.17, 15) is 19.2 Å². The average molecular weight is 390 g/mol. The molecule has 0 spiro atoms. The molecule has 0 bridgehead atoms. The van der Waals surface area contributed by atoms with Crippen molar-refractivity contribution >= 4 is 33.7 Å². The molecule has 4 aromatic rings. The number of aromatic nitrogens is 2. The molecule has 2 aromatic heterocycles. The molecule has 0 saturated carbocycles. The summed E-state index contributed by atoms with van der Waals surface area (Å²) in [6.07, 6.45) is -0.786. The molecular formula is C21H14N2O6. The first-order valence-electron chi connectivity index (χ1n) is 8.67. The minimum atomic E-state index is -0.998. The second-order valence-corrected chi connectivity index (χ2v) is 6.15. The maximum absolute atomic E-state index is 12.2. The van der Waals surface area contributed by atoms with Gasteiger partial charge < -0.3 is 9.68 Å². The Morgan fingerprint density at radius 2 is 1.03 bits per heavy atom. The van der Waals surface area contributed by atoms with Crippen LogP contribution in [0.5, 0.6) is 0 Å². The number of carbonyl (C=O) groups excluding carboxylic acids is 2. The lowest BCUT2D eigenvalue weighted by atomic mass is 10.2. The van der Waals surface area contributed by atoms with E-state index >= 15 is 0 Å². The topological polar surface area (TPSA) is 96.6 Å². The third-order valence-electron chi connectivity index (χ3n) is 4.20. The van der Waals surface area contributed by atoms with Crippen LogP contribution in [-0.2, 0) is 9.59 Å². The van der Waals surface area contributed by atoms with Gasteiger partial charge in [-0.1, -0.05) is 36.4 Å². The van der Waals surface area contributed by atoms with Gasteiger partial charge in [-0.05, 0) is 24.3 Å². The maximum Gasteiger partial charge on any atom is 0.344 e. The molecule has 0 aliphatic heterocycles. The van der Waals surface area contributed by atoms with Crippen LogP contribution in [0.15, 0.2) is 82.4 Å². The summed E-state index contributed by atoms with van der Waals surface area (Å²) in [6, 6.07) is 19.4. The van der Waals surface area contributed by atoms with Crippen LogP contribution >= 0.6 is 0 Å². The van der Waals surface area contributed by atoms with Crippen LogP contribution in [0.3, 0.4) is 0 Å². The lowest BCUT2D eigenvalue weighted by Gasteiger charge is -2.11. The zero-order valence-corrected chi connectivity index (χ0v) is 15.0. The second-order valence-electron chi connectivity index (χ2n) is 6.15. The smallest absolute Gasteiger partial charge is 0.332 e. The number of hydrogen-bond acceptors (Lipinski definition) is 6. The van der Waals surface area contributed by atoms with Crippen LogP contribution in [0.1, 0.15) is 6.42 Å². The summed E-state index contributed by atoms with van der Waals surface area (Å²) in [4.78, 5) is 58.6. The zero-order chi connectivity index (χ0) is 20.4. The van der Waals surface area contributed by atoms with E-state index in [-0.39, 0.29) is 0 Å². The van der Waals surface area contributed by atoms with E-state index < -0.39 is 29.5 Å². The fourth-order valence-electron chi connectivity index (χ4n) is 2.90. The van der Waals surface area contributed by atoms with E-state index in [1.165, 1.54) is 12.1 Å². The molecule has 8 heteroatoms. The second kappa shape index (κ2) is 7.43. The summed E-state index contributed by atoms with van der Waals surface area (Å²) in [5.41, 5.74) is -0.356. The van der Waals surface area contributed by atoms with Crippen molar-refractivity contribution in [1.29, 1.82) is 0 Å². The average Bonchev–Trinajstić information content (AvgIpc) is 2.72. The van der Waals surface area contributed by atoms with Crippen molar-refractivity contribution in [2.24, 2.45) is 0 Å². The lowest BCUT2D eigenvalue weighted by Crippen LogP contribution is -2.35. The number of hydrogen-bond donors (Lipinski definition) is 0. The van der Waals surface area contributed by atoms with E-state index in [1.54, 1.807) is 60.7 Å². The van der Waals surface area contributed by atoms with Crippen molar-refractivity contribution in [2.75, 3.05) is 0 Å². The van der Waals surface area contributed by atoms with Crippen LogP contribution in [-0.4, -0.2) is 21.4 Å². The first-order valence-corrected chi connectivity index (χ1v) is 8.67. The van der Waals surface area contributed by atoms with Crippen LogP contribution < -0.4 is 20.8 Å². The van der Waals surface area contributed by atoms with Gasteiger partial charge in [0.05, 0.1) is 11.0 Å². The van der Waals surface area contributed by atoms with E-state index in [0.29, 0.717) is 21.8 Å². The first kappa shape index (κ1) is 18.2. The number of fused-ring (bicyclic) bond motifs is 2. The van der Waals surface area contributed by atoms with E-state index in [0.717, 1.165) is 9.46 Å². The molecule has 8 nitrogen and oxygen atoms in total. The number of carbonyl (C=O) groups is 2. The van der Waals surface area contributed by atoms with E-state index in [4.69, 9.17) is 9.68 Å². The Morgan fingerprint density at radius 3 is 1.48 bits per heavy atom. The highest BCUT2D eigenvalue weighted by molar-refractivity contribution is 5.92. The van der Waals surface area contributed by atoms with Crippen molar-refractivity contribution in [3.8, 4) is 0 Å². The van der Waals surface area contributed by atoms with Crippen LogP contribution in [0.25, 0.3) is 21.8 Å². The fourth-order valence-corrected chi connectivity index (χ4v) is 2.90. The minimum absolute atomic E-state index is 0.381. The van der Waals surface area contributed by atoms with Gasteiger partial charge in [0.2, 0.25) is 0 Å². The van der Waals surface area contributed by atoms with Crippen molar-refractivity contribution in [3.63, 3.8) is 0 Å². The van der Waals surface area contributed by atoms with Crippen molar-refractivity contribution in [3.05, 3.63) is 93.5 Å². The Morgan fingerprint density at radius 1 is 0.621 bits per heavy atom. The summed E-state index contributed by atoms with van der Waals surface area (Å²) in [7, 11) is 0. The van der Waals surface area contributed by atoms with Crippen molar-refractivity contribution in [1.82, 2.24) is 9.46 Å². The lowest BCUT2D eigenvalue weighted by molar-refractivity contribution is -0.154. The predicted octanol–water partition coefficient (Wildman–Crippen LogP) is 1.32. The molecule has 29 heavy (non-hydrogen) atoms. The largest absolute Gasteiger partial charge is 0.344 e. The van der Waals surface area contributed by atoms with Crippen LogP contribution in [0, 0.1) is 0 Å². The molecule has 144 valence electrons. The molecule has 0 saturated heterocycles. The van der Waals surface area contributed by atoms with Gasteiger partial charge in [-0.25, -0.2) is 9.59 Å². The van der Waals surface area contributed by atoms with Gasteiger partial charge in [0.1, 0.15) is 6.42 Å². The van der Waals surface area contributed by atoms with Gasteiger partial charge in [-0.15, -0.1) is 9.46 Å². The molecule has 0 N–H and O–H groups in total. The highest BCUT2D eigenvalue weighted by Gasteiger charge is 2.17. The van der Waals surface area contributed by atoms with Crippen molar-refractivity contribution < 1.29 is 19.3 Å². The molecule has 2 aromatic carbocycles. The summed E-state index contributed by atoms with van der Waals surface area (Å²) in [5, 5.41) is 1.37. The van der Waals surface area contributed by atoms with E-state index in [1.807, 2.05) is 0 Å². The summed E-state index contributed by atoms with van der Waals surface area (Å²) in [6.45, 7) is 0. The zero-order valence-electron chi connectivity index (χ0n) is 15.0. The van der Waals surface area contributed by atoms with Gasteiger partial charge in [-0.3, -0.25) is 9.59 Å². The Labute approximate surface area is 163 Å². The number of benzene rings is 2. The first-order chi connectivity index (χ1) is 14.0. The molecule has 0 aliphatic carbocycles. The molecule has 0 radical (unpaired) electrons. The van der Waals surface area contributed by atoms with Gasteiger partial charge >= 0.3 is 11.9 Å². The Kier molecular flexibility index (Phi) is 4.66. The Bertz CT molecular complexity index is 1260. The van der Waals surface area contributed by atoms with Gasteiger partial charge in [0.25, 0.3) is 11.1 Å². The number of para-hydroxylation sites is 2. The number of nitrogens with zero attached hydrogens (tertiary/aromatic N) is 2. The Balaban J connectivity index is 1.54. The highest BCUT2D eigenvalue weighted by atomic mass is 16.7. The molecule has 0 atom stereocenters. The molecular weight excluding hydrogens is 376 g/mol. The molecule has 0 fully saturated rings. The molecule has 2 heterocycles. The number of rotatable bonds is 4. The molecule has 0 unspecified atom stereocenters. The van der Waals surface area contributed by atoms with Crippen LogP contribution in [0.2, 0.25) is 0 Å². The maximum atomic E-state index is 12.2. The predicted molar refractivity (Wildman–Crippen MR) is 104 cm³/mol. The van der Waals surface area contributed by atoms with Crippen molar-refractivity contribution in [2.45, 2.75) is 6.42 Å². The Hall–Kier alpha value is -4.20. The van der Waals surface area contributed by atoms with Gasteiger partial charge in [0, 0.05) is 22.9 Å². The highest BCUT2D eigenvalue weighted by Crippen LogP contribution is 2.11. The van der Waals surface area contributed by atoms with Crippen LogP contribution in [0.4, 0.5) is 0 Å². The summed E-state index contributed by atoms with van der Waals surface area (Å²) >= 11 is 0. The molecule has 0 aliphatic rings. The normalized spacial score (nSPS) is 10.8. The quantitative estimate of drug-likeness (QED) is 0.488. The summed E-state index contributed by atoms with van der Waals surface area (Å²) < 4.78 is 1.63.